The lowest BCUT2D eigenvalue weighted by atomic mass is 10.1. The molecule has 3 nitrogen and oxygen atoms in total. The second-order valence-corrected chi connectivity index (χ2v) is 6.67. The van der Waals surface area contributed by atoms with Gasteiger partial charge in [-0.2, -0.15) is 0 Å². The highest BCUT2D eigenvalue weighted by molar-refractivity contribution is 9.10. The van der Waals surface area contributed by atoms with Crippen LogP contribution in [0.5, 0.6) is 0 Å². The fraction of sp³-hybridized carbons (Fsp3) is 0.533. The fourth-order valence-electron chi connectivity index (χ4n) is 3.28. The first kappa shape index (κ1) is 13.1. The van der Waals surface area contributed by atoms with Gasteiger partial charge in [-0.1, -0.05) is 28.1 Å². The topological polar surface area (TPSA) is 23.6 Å². The Hall–Kier alpha value is -0.870. The SMILES string of the molecule is CN(Cc1ccc(Br)cc1)CN1C(=O)C2CCC1C2. The molecule has 1 saturated carbocycles. The Bertz CT molecular complexity index is 474. The van der Waals surface area contributed by atoms with E-state index in [1.165, 1.54) is 12.0 Å². The highest BCUT2D eigenvalue weighted by Crippen LogP contribution is 2.38. The average Bonchev–Trinajstić information content (AvgIpc) is 2.96. The van der Waals surface area contributed by atoms with Gasteiger partial charge in [-0.05, 0) is 44.0 Å². The number of likely N-dealkylation sites (tertiary alicyclic amines) is 1. The molecule has 2 unspecified atom stereocenters. The summed E-state index contributed by atoms with van der Waals surface area (Å²) in [4.78, 5) is 16.4. The van der Waals surface area contributed by atoms with E-state index >= 15 is 0 Å². The highest BCUT2D eigenvalue weighted by Gasteiger charge is 2.44. The van der Waals surface area contributed by atoms with Crippen molar-refractivity contribution in [3.63, 3.8) is 0 Å². The molecule has 102 valence electrons. The summed E-state index contributed by atoms with van der Waals surface area (Å²) < 4.78 is 1.10. The van der Waals surface area contributed by atoms with E-state index in [-0.39, 0.29) is 0 Å². The number of carbonyl (C=O) groups excluding carboxylic acids is 1. The second-order valence-electron chi connectivity index (χ2n) is 5.75. The van der Waals surface area contributed by atoms with Gasteiger partial charge in [-0.25, -0.2) is 0 Å². The van der Waals surface area contributed by atoms with Crippen molar-refractivity contribution in [3.05, 3.63) is 34.3 Å². The van der Waals surface area contributed by atoms with Gasteiger partial charge in [0, 0.05) is 23.0 Å². The first-order valence-corrected chi connectivity index (χ1v) is 7.66. The Balaban J connectivity index is 1.58. The molecule has 3 rings (SSSR count). The van der Waals surface area contributed by atoms with Gasteiger partial charge in [-0.3, -0.25) is 9.69 Å². The fourth-order valence-corrected chi connectivity index (χ4v) is 3.54. The average molecular weight is 323 g/mol. The van der Waals surface area contributed by atoms with Gasteiger partial charge in [0.2, 0.25) is 5.91 Å². The normalized spacial score (nSPS) is 25.6. The second kappa shape index (κ2) is 5.25. The first-order chi connectivity index (χ1) is 9.13. The van der Waals surface area contributed by atoms with E-state index in [0.29, 0.717) is 17.9 Å². The number of hydrogen-bond acceptors (Lipinski definition) is 2. The molecule has 1 aliphatic heterocycles. The molecule has 1 aliphatic carbocycles. The lowest BCUT2D eigenvalue weighted by Gasteiger charge is -2.31. The van der Waals surface area contributed by atoms with Crippen molar-refractivity contribution < 1.29 is 4.79 Å². The van der Waals surface area contributed by atoms with E-state index in [9.17, 15) is 4.79 Å². The summed E-state index contributed by atoms with van der Waals surface area (Å²) in [6, 6.07) is 8.87. The predicted molar refractivity (Wildman–Crippen MR) is 78.5 cm³/mol. The third-order valence-electron chi connectivity index (χ3n) is 4.24. The maximum Gasteiger partial charge on any atom is 0.227 e. The van der Waals surface area contributed by atoms with Crippen molar-refractivity contribution in [1.82, 2.24) is 9.80 Å². The van der Waals surface area contributed by atoms with Crippen LogP contribution in [0.3, 0.4) is 0 Å². The summed E-state index contributed by atoms with van der Waals surface area (Å²) >= 11 is 3.45. The molecule has 1 aromatic carbocycles. The molecular weight excluding hydrogens is 304 g/mol. The van der Waals surface area contributed by atoms with Crippen LogP contribution in [0.15, 0.2) is 28.7 Å². The predicted octanol–water partition coefficient (Wildman–Crippen LogP) is 2.85. The van der Waals surface area contributed by atoms with E-state index in [4.69, 9.17) is 0 Å². The van der Waals surface area contributed by atoms with Crippen molar-refractivity contribution in [1.29, 1.82) is 0 Å². The Morgan fingerprint density at radius 2 is 2.05 bits per heavy atom. The van der Waals surface area contributed by atoms with Crippen molar-refractivity contribution in [2.45, 2.75) is 31.8 Å². The van der Waals surface area contributed by atoms with E-state index in [0.717, 1.165) is 30.5 Å². The zero-order valence-electron chi connectivity index (χ0n) is 11.2. The van der Waals surface area contributed by atoms with Crippen LogP contribution in [0.4, 0.5) is 0 Å². The van der Waals surface area contributed by atoms with E-state index in [2.05, 4.69) is 57.0 Å². The zero-order valence-corrected chi connectivity index (χ0v) is 12.8. The first-order valence-electron chi connectivity index (χ1n) is 6.87. The Kier molecular flexibility index (Phi) is 3.63. The van der Waals surface area contributed by atoms with E-state index in [1.807, 2.05) is 0 Å². The van der Waals surface area contributed by atoms with Gasteiger partial charge >= 0.3 is 0 Å². The van der Waals surface area contributed by atoms with Gasteiger partial charge < -0.3 is 4.90 Å². The molecule has 19 heavy (non-hydrogen) atoms. The molecule has 1 heterocycles. The summed E-state index contributed by atoms with van der Waals surface area (Å²) in [6.07, 6.45) is 3.39. The number of hydrogen-bond donors (Lipinski definition) is 0. The van der Waals surface area contributed by atoms with Gasteiger partial charge in [0.05, 0.1) is 6.67 Å². The Morgan fingerprint density at radius 3 is 2.68 bits per heavy atom. The van der Waals surface area contributed by atoms with Crippen LogP contribution in [0, 0.1) is 5.92 Å². The minimum atomic E-state index is 0.325. The number of rotatable bonds is 4. The van der Waals surface area contributed by atoms with Gasteiger partial charge in [0.25, 0.3) is 0 Å². The number of nitrogens with zero attached hydrogens (tertiary/aromatic N) is 2. The Morgan fingerprint density at radius 1 is 1.32 bits per heavy atom. The van der Waals surface area contributed by atoms with E-state index < -0.39 is 0 Å². The summed E-state index contributed by atoms with van der Waals surface area (Å²) in [5, 5.41) is 0. The van der Waals surface area contributed by atoms with Crippen molar-refractivity contribution in [3.8, 4) is 0 Å². The highest BCUT2D eigenvalue weighted by atomic mass is 79.9. The number of benzene rings is 1. The van der Waals surface area contributed by atoms with Crippen molar-refractivity contribution in [2.24, 2.45) is 5.92 Å². The van der Waals surface area contributed by atoms with Gasteiger partial charge in [-0.15, -0.1) is 0 Å². The summed E-state index contributed by atoms with van der Waals surface area (Å²) in [5.41, 5.74) is 1.28. The summed E-state index contributed by atoms with van der Waals surface area (Å²) in [6.45, 7) is 1.64. The molecule has 1 aromatic rings. The van der Waals surface area contributed by atoms with E-state index in [1.54, 1.807) is 0 Å². The van der Waals surface area contributed by atoms with Gasteiger partial charge in [0.1, 0.15) is 0 Å². The quantitative estimate of drug-likeness (QED) is 0.851. The minimum absolute atomic E-state index is 0.325. The van der Waals surface area contributed by atoms with Crippen molar-refractivity contribution in [2.75, 3.05) is 13.7 Å². The smallest absolute Gasteiger partial charge is 0.227 e. The monoisotopic (exact) mass is 322 g/mol. The van der Waals surface area contributed by atoms with Crippen LogP contribution in [-0.4, -0.2) is 35.5 Å². The molecule has 2 atom stereocenters. The van der Waals surface area contributed by atoms with Crippen LogP contribution in [0.1, 0.15) is 24.8 Å². The third kappa shape index (κ3) is 2.70. The number of carbonyl (C=O) groups is 1. The molecule has 2 aliphatic rings. The maximum atomic E-state index is 12.1. The van der Waals surface area contributed by atoms with Crippen LogP contribution < -0.4 is 0 Å². The zero-order chi connectivity index (χ0) is 13.4. The number of halogens is 1. The largest absolute Gasteiger partial charge is 0.326 e. The molecule has 0 spiro atoms. The molecule has 2 bridgehead atoms. The van der Waals surface area contributed by atoms with Crippen LogP contribution in [0.25, 0.3) is 0 Å². The molecule has 4 heteroatoms. The Labute approximate surface area is 122 Å². The molecule has 2 fully saturated rings. The molecule has 1 amide bonds. The summed E-state index contributed by atoms with van der Waals surface area (Å²) in [7, 11) is 2.08. The van der Waals surface area contributed by atoms with Crippen LogP contribution in [-0.2, 0) is 11.3 Å². The maximum absolute atomic E-state index is 12.1. The third-order valence-corrected chi connectivity index (χ3v) is 4.77. The van der Waals surface area contributed by atoms with Gasteiger partial charge in [0.15, 0.2) is 0 Å². The molecule has 0 N–H and O–H groups in total. The van der Waals surface area contributed by atoms with Crippen molar-refractivity contribution >= 4 is 21.8 Å². The molecule has 0 radical (unpaired) electrons. The number of piperidine rings is 1. The molecule has 0 aromatic heterocycles. The molecular formula is C15H19BrN2O. The standard InChI is InChI=1S/C15H19BrN2O/c1-17(9-11-2-5-13(16)6-3-11)10-18-14-7-4-12(8-14)15(18)19/h2-3,5-6,12,14H,4,7-10H2,1H3. The lowest BCUT2D eigenvalue weighted by molar-refractivity contribution is -0.136. The lowest BCUT2D eigenvalue weighted by Crippen LogP contribution is -2.43. The van der Waals surface area contributed by atoms with Crippen LogP contribution >= 0.6 is 15.9 Å². The van der Waals surface area contributed by atoms with Crippen LogP contribution in [0.2, 0.25) is 0 Å². The minimum Gasteiger partial charge on any atom is -0.326 e. The number of amides is 1. The molecule has 1 saturated heterocycles. The summed E-state index contributed by atoms with van der Waals surface area (Å²) in [5.74, 6) is 0.699. The number of fused-ring (bicyclic) bond motifs is 2.